The van der Waals surface area contributed by atoms with Crippen LogP contribution in [0, 0.1) is 17.3 Å². The Morgan fingerprint density at radius 3 is 2.78 bits per heavy atom. The molecule has 18 heavy (non-hydrogen) atoms. The summed E-state index contributed by atoms with van der Waals surface area (Å²) < 4.78 is 0. The van der Waals surface area contributed by atoms with Gasteiger partial charge in [-0.3, -0.25) is 9.79 Å². The molecule has 0 aromatic heterocycles. The van der Waals surface area contributed by atoms with Gasteiger partial charge in [0.25, 0.3) is 5.91 Å². The number of piperidine rings is 1. The molecule has 0 aromatic rings. The van der Waals surface area contributed by atoms with E-state index in [4.69, 9.17) is 5.73 Å². The second kappa shape index (κ2) is 4.41. The minimum absolute atomic E-state index is 0.0373. The van der Waals surface area contributed by atoms with Crippen molar-refractivity contribution < 1.29 is 4.79 Å². The molecule has 2 aliphatic rings. The van der Waals surface area contributed by atoms with Gasteiger partial charge in [0.2, 0.25) is 0 Å². The van der Waals surface area contributed by atoms with Crippen LogP contribution in [0.1, 0.15) is 27.2 Å². The lowest BCUT2D eigenvalue weighted by atomic mass is 9.99. The molecule has 2 fully saturated rings. The Morgan fingerprint density at radius 2 is 2.22 bits per heavy atom. The second-order valence-electron chi connectivity index (χ2n) is 5.92. The number of hydrogen-bond donors (Lipinski definition) is 1. The fourth-order valence-electron chi connectivity index (χ4n) is 3.54. The standard InChI is InChI=1S/C14H23N3O/c1-5-11-12-9(14(12,2)3)8-17(11)13(18)10(15)6-7-16-4/h6-7,9,11-12H,5,8,15H2,1-4H3/b10-6-,16-7?/t9?,11-,12?/m1/s1. The topological polar surface area (TPSA) is 58.7 Å². The van der Waals surface area contributed by atoms with Gasteiger partial charge in [-0.05, 0) is 29.7 Å². The summed E-state index contributed by atoms with van der Waals surface area (Å²) in [5.74, 6) is 1.27. The van der Waals surface area contributed by atoms with Crippen molar-refractivity contribution in [1.29, 1.82) is 0 Å². The number of rotatable bonds is 3. The SMILES string of the molecule is CC[C@@H]1C2C(CN1C(=O)/C(N)=C/C=NC)C2(C)C. The number of nitrogens with two attached hydrogens (primary N) is 1. The molecular weight excluding hydrogens is 226 g/mol. The second-order valence-corrected chi connectivity index (χ2v) is 5.92. The van der Waals surface area contributed by atoms with Crippen LogP contribution in [-0.4, -0.2) is 36.7 Å². The van der Waals surface area contributed by atoms with Crippen molar-refractivity contribution in [2.24, 2.45) is 28.0 Å². The number of likely N-dealkylation sites (tertiary alicyclic amines) is 1. The van der Waals surface area contributed by atoms with E-state index in [1.54, 1.807) is 19.3 Å². The molecule has 2 N–H and O–H groups in total. The van der Waals surface area contributed by atoms with Crippen LogP contribution in [0.25, 0.3) is 0 Å². The molecular formula is C14H23N3O. The van der Waals surface area contributed by atoms with Crippen LogP contribution in [0.5, 0.6) is 0 Å². The van der Waals surface area contributed by atoms with E-state index in [1.807, 2.05) is 4.90 Å². The van der Waals surface area contributed by atoms with Gasteiger partial charge in [-0.2, -0.15) is 0 Å². The molecule has 1 amide bonds. The van der Waals surface area contributed by atoms with Gasteiger partial charge in [-0.1, -0.05) is 20.8 Å². The Kier molecular flexibility index (Phi) is 3.21. The lowest BCUT2D eigenvalue weighted by Crippen LogP contribution is -2.42. The van der Waals surface area contributed by atoms with Crippen molar-refractivity contribution in [3.05, 3.63) is 11.8 Å². The van der Waals surface area contributed by atoms with E-state index in [0.717, 1.165) is 13.0 Å². The van der Waals surface area contributed by atoms with Crippen molar-refractivity contribution in [3.63, 3.8) is 0 Å². The number of aliphatic imine (C=N–C) groups is 1. The number of nitrogens with zero attached hydrogens (tertiary/aromatic N) is 2. The molecule has 4 heteroatoms. The molecule has 100 valence electrons. The molecule has 2 rings (SSSR count). The predicted molar refractivity (Wildman–Crippen MR) is 73.2 cm³/mol. The Balaban J connectivity index is 2.10. The molecule has 3 atom stereocenters. The monoisotopic (exact) mass is 249 g/mol. The summed E-state index contributed by atoms with van der Waals surface area (Å²) in [5, 5.41) is 0. The van der Waals surface area contributed by atoms with Crippen LogP contribution >= 0.6 is 0 Å². The van der Waals surface area contributed by atoms with Gasteiger partial charge in [-0.25, -0.2) is 0 Å². The highest BCUT2D eigenvalue weighted by molar-refractivity contribution is 5.96. The third kappa shape index (κ3) is 1.84. The highest BCUT2D eigenvalue weighted by Crippen LogP contribution is 2.65. The normalized spacial score (nSPS) is 33.9. The molecule has 0 radical (unpaired) electrons. The number of fused-ring (bicyclic) bond motifs is 1. The maximum absolute atomic E-state index is 12.3. The maximum Gasteiger partial charge on any atom is 0.270 e. The van der Waals surface area contributed by atoms with Gasteiger partial charge >= 0.3 is 0 Å². The molecule has 4 nitrogen and oxygen atoms in total. The lowest BCUT2D eigenvalue weighted by molar-refractivity contribution is -0.129. The van der Waals surface area contributed by atoms with Crippen molar-refractivity contribution in [2.75, 3.05) is 13.6 Å². The molecule has 1 heterocycles. The molecule has 0 bridgehead atoms. The highest BCUT2D eigenvalue weighted by Gasteiger charge is 2.66. The largest absolute Gasteiger partial charge is 0.394 e. The predicted octanol–water partition coefficient (Wildman–Crippen LogP) is 1.42. The van der Waals surface area contributed by atoms with Crippen LogP contribution in [-0.2, 0) is 4.79 Å². The minimum atomic E-state index is -0.0373. The van der Waals surface area contributed by atoms with Crippen LogP contribution < -0.4 is 5.73 Å². The van der Waals surface area contributed by atoms with Gasteiger partial charge in [-0.15, -0.1) is 0 Å². The quantitative estimate of drug-likeness (QED) is 0.607. The average molecular weight is 249 g/mol. The number of hydrogen-bond acceptors (Lipinski definition) is 3. The van der Waals surface area contributed by atoms with E-state index in [1.165, 1.54) is 0 Å². The van der Waals surface area contributed by atoms with Gasteiger partial charge in [0.15, 0.2) is 0 Å². The zero-order valence-electron chi connectivity index (χ0n) is 11.7. The summed E-state index contributed by atoms with van der Waals surface area (Å²) >= 11 is 0. The summed E-state index contributed by atoms with van der Waals surface area (Å²) in [6.45, 7) is 7.60. The summed E-state index contributed by atoms with van der Waals surface area (Å²) in [4.78, 5) is 18.0. The van der Waals surface area contributed by atoms with Crippen molar-refractivity contribution >= 4 is 12.1 Å². The number of amides is 1. The van der Waals surface area contributed by atoms with Crippen molar-refractivity contribution in [2.45, 2.75) is 33.2 Å². The molecule has 0 spiro atoms. The molecule has 1 aliphatic heterocycles. The third-order valence-corrected chi connectivity index (χ3v) is 4.68. The summed E-state index contributed by atoms with van der Waals surface area (Å²) in [6, 6.07) is 0.350. The molecule has 0 aromatic carbocycles. The Bertz CT molecular complexity index is 411. The first-order valence-electron chi connectivity index (χ1n) is 6.64. The van der Waals surface area contributed by atoms with Gasteiger partial charge in [0.1, 0.15) is 0 Å². The number of carbonyl (C=O) groups is 1. The number of allylic oxidation sites excluding steroid dienone is 1. The molecule has 1 saturated carbocycles. The fourth-order valence-corrected chi connectivity index (χ4v) is 3.54. The lowest BCUT2D eigenvalue weighted by Gasteiger charge is -2.30. The van der Waals surface area contributed by atoms with Gasteiger partial charge in [0, 0.05) is 25.8 Å². The first kappa shape index (κ1) is 13.1. The van der Waals surface area contributed by atoms with Gasteiger partial charge < -0.3 is 10.6 Å². The Labute approximate surface area is 109 Å². The zero-order chi connectivity index (χ0) is 13.5. The van der Waals surface area contributed by atoms with E-state index >= 15 is 0 Å². The van der Waals surface area contributed by atoms with E-state index < -0.39 is 0 Å². The smallest absolute Gasteiger partial charge is 0.270 e. The highest BCUT2D eigenvalue weighted by atomic mass is 16.2. The molecule has 1 saturated heterocycles. The van der Waals surface area contributed by atoms with Crippen molar-refractivity contribution in [1.82, 2.24) is 4.90 Å². The van der Waals surface area contributed by atoms with E-state index in [2.05, 4.69) is 25.8 Å². The van der Waals surface area contributed by atoms with Gasteiger partial charge in [0.05, 0.1) is 5.70 Å². The number of carbonyl (C=O) groups excluding carboxylic acids is 1. The van der Waals surface area contributed by atoms with E-state index in [0.29, 0.717) is 23.3 Å². The van der Waals surface area contributed by atoms with Crippen LogP contribution in [0.2, 0.25) is 0 Å². The van der Waals surface area contributed by atoms with E-state index in [9.17, 15) is 4.79 Å². The first-order chi connectivity index (χ1) is 8.45. The average Bonchev–Trinajstić information content (AvgIpc) is 2.75. The Hall–Kier alpha value is -1.32. The maximum atomic E-state index is 12.3. The zero-order valence-corrected chi connectivity index (χ0v) is 11.7. The van der Waals surface area contributed by atoms with Crippen LogP contribution in [0.3, 0.4) is 0 Å². The van der Waals surface area contributed by atoms with Crippen LogP contribution in [0.4, 0.5) is 0 Å². The van der Waals surface area contributed by atoms with Crippen molar-refractivity contribution in [3.8, 4) is 0 Å². The molecule has 1 aliphatic carbocycles. The third-order valence-electron chi connectivity index (χ3n) is 4.68. The van der Waals surface area contributed by atoms with Crippen LogP contribution in [0.15, 0.2) is 16.8 Å². The minimum Gasteiger partial charge on any atom is -0.394 e. The summed E-state index contributed by atoms with van der Waals surface area (Å²) in [6.07, 6.45) is 4.16. The Morgan fingerprint density at radius 1 is 1.56 bits per heavy atom. The summed E-state index contributed by atoms with van der Waals surface area (Å²) in [7, 11) is 1.66. The summed E-state index contributed by atoms with van der Waals surface area (Å²) in [5.41, 5.74) is 6.50. The van der Waals surface area contributed by atoms with E-state index in [-0.39, 0.29) is 11.6 Å². The fraction of sp³-hybridized carbons (Fsp3) is 0.714. The molecule has 2 unspecified atom stereocenters. The first-order valence-corrected chi connectivity index (χ1v) is 6.64.